The van der Waals surface area contributed by atoms with E-state index in [1.165, 1.54) is 29.5 Å². The monoisotopic (exact) mass is 529 g/mol. The Hall–Kier alpha value is -2.36. The average molecular weight is 530 g/mol. The van der Waals surface area contributed by atoms with Gasteiger partial charge in [-0.1, -0.05) is 23.2 Å². The maximum atomic E-state index is 14.4. The Bertz CT molecular complexity index is 1140. The van der Waals surface area contributed by atoms with E-state index >= 15 is 0 Å². The summed E-state index contributed by atoms with van der Waals surface area (Å²) < 4.78 is 43.1. The molecule has 0 saturated carbocycles. The molecule has 1 aromatic heterocycles. The number of anilines is 1. The van der Waals surface area contributed by atoms with Crippen molar-refractivity contribution in [2.75, 3.05) is 31.1 Å². The number of rotatable bonds is 6. The first-order valence-electron chi connectivity index (χ1n) is 11.2. The largest absolute Gasteiger partial charge is 0.400 e. The molecule has 6 nitrogen and oxygen atoms in total. The smallest absolute Gasteiger partial charge is 0.355 e. The number of aryl methyl sites for hydroxylation is 1. The normalized spacial score (nSPS) is 22.8. The lowest BCUT2D eigenvalue weighted by molar-refractivity contribution is -0.184. The van der Waals surface area contributed by atoms with Crippen molar-refractivity contribution in [1.29, 1.82) is 0 Å². The molecule has 2 unspecified atom stereocenters. The van der Waals surface area contributed by atoms with Gasteiger partial charge < -0.3 is 4.90 Å². The molecule has 0 aliphatic carbocycles. The van der Waals surface area contributed by atoms with Crippen LogP contribution in [0.3, 0.4) is 0 Å². The zero-order chi connectivity index (χ0) is 25.5. The third-order valence-electron chi connectivity index (χ3n) is 6.69. The number of carbonyl (C=O) groups is 2. The van der Waals surface area contributed by atoms with Crippen molar-refractivity contribution in [2.45, 2.75) is 38.3 Å². The van der Waals surface area contributed by atoms with E-state index in [0.717, 1.165) is 0 Å². The molecule has 35 heavy (non-hydrogen) atoms. The van der Waals surface area contributed by atoms with Crippen molar-refractivity contribution in [2.24, 2.45) is 5.92 Å². The number of hydrogen-bond acceptors (Lipinski definition) is 5. The lowest BCUT2D eigenvalue weighted by Gasteiger charge is -2.33. The molecule has 2 saturated heterocycles. The fourth-order valence-corrected chi connectivity index (χ4v) is 5.24. The van der Waals surface area contributed by atoms with Gasteiger partial charge in [0.25, 0.3) is 5.91 Å². The second kappa shape index (κ2) is 9.59. The van der Waals surface area contributed by atoms with Gasteiger partial charge in [0, 0.05) is 47.9 Å². The minimum Gasteiger partial charge on any atom is -0.355 e. The molecule has 2 aliphatic rings. The molecule has 0 bridgehead atoms. The van der Waals surface area contributed by atoms with E-state index < -0.39 is 17.5 Å². The zero-order valence-corrected chi connectivity index (χ0v) is 20.7. The number of aromatic nitrogens is 1. The molecule has 0 radical (unpaired) electrons. The molecule has 2 aromatic rings. The highest BCUT2D eigenvalue weighted by atomic mass is 35.5. The van der Waals surface area contributed by atoms with Crippen LogP contribution in [0.1, 0.15) is 41.3 Å². The van der Waals surface area contributed by atoms with Crippen LogP contribution in [0.2, 0.25) is 10.0 Å². The summed E-state index contributed by atoms with van der Waals surface area (Å²) in [6.45, 7) is 3.78. The van der Waals surface area contributed by atoms with Crippen LogP contribution >= 0.6 is 23.2 Å². The molecule has 1 aromatic carbocycles. The molecule has 2 fully saturated rings. The molecule has 1 amide bonds. The van der Waals surface area contributed by atoms with Crippen LogP contribution in [0.4, 0.5) is 19.0 Å². The Morgan fingerprint density at radius 1 is 1.23 bits per heavy atom. The number of carbonyl (C=O) groups excluding carboxylic acids is 2. The second-order valence-corrected chi connectivity index (χ2v) is 9.79. The van der Waals surface area contributed by atoms with E-state index in [1.807, 2.05) is 0 Å². The number of hydroxylamine groups is 2. The molecule has 188 valence electrons. The quantitative estimate of drug-likeness (QED) is 0.469. The van der Waals surface area contributed by atoms with Gasteiger partial charge >= 0.3 is 6.18 Å². The summed E-state index contributed by atoms with van der Waals surface area (Å²) in [4.78, 5) is 36.2. The van der Waals surface area contributed by atoms with Crippen LogP contribution in [0.25, 0.3) is 0 Å². The molecular weight excluding hydrogens is 506 g/mol. The number of hydrogen-bond donors (Lipinski definition) is 0. The summed E-state index contributed by atoms with van der Waals surface area (Å²) in [6, 6.07) is 5.61. The highest BCUT2D eigenvalue weighted by molar-refractivity contribution is 6.34. The SMILES string of the molecule is CCN1OCC(CC(=O)c2cnc(N3CCC(c4cc(Cl)cc(Cl)c4)(C(F)(F)F)C3)cc2C)C1=O. The summed E-state index contributed by atoms with van der Waals surface area (Å²) in [5.74, 6) is -0.710. The van der Waals surface area contributed by atoms with Crippen molar-refractivity contribution < 1.29 is 27.6 Å². The molecule has 2 atom stereocenters. The van der Waals surface area contributed by atoms with Crippen molar-refractivity contribution in [1.82, 2.24) is 10.0 Å². The van der Waals surface area contributed by atoms with Gasteiger partial charge in [-0.05, 0) is 55.7 Å². The number of halogens is 5. The molecule has 3 heterocycles. The third kappa shape index (κ3) is 4.86. The molecule has 4 rings (SSSR count). The first-order valence-corrected chi connectivity index (χ1v) is 11.9. The Morgan fingerprint density at radius 3 is 2.49 bits per heavy atom. The van der Waals surface area contributed by atoms with Gasteiger partial charge in [0.15, 0.2) is 5.78 Å². The fourth-order valence-electron chi connectivity index (χ4n) is 4.72. The molecule has 0 spiro atoms. The molecule has 0 N–H and O–H groups in total. The first kappa shape index (κ1) is 25.7. The summed E-state index contributed by atoms with van der Waals surface area (Å²) in [7, 11) is 0. The average Bonchev–Trinajstić information content (AvgIpc) is 3.38. The van der Waals surface area contributed by atoms with Crippen molar-refractivity contribution in [3.8, 4) is 0 Å². The molecule has 11 heteroatoms. The number of pyridine rings is 1. The third-order valence-corrected chi connectivity index (χ3v) is 7.13. The van der Waals surface area contributed by atoms with Crippen LogP contribution in [-0.4, -0.2) is 54.2 Å². The zero-order valence-electron chi connectivity index (χ0n) is 19.2. The van der Waals surface area contributed by atoms with Crippen LogP contribution in [-0.2, 0) is 15.0 Å². The lowest BCUT2D eigenvalue weighted by atomic mass is 9.79. The number of ketones is 1. The van der Waals surface area contributed by atoms with E-state index in [4.69, 9.17) is 28.0 Å². The Labute approximate surface area is 210 Å². The Balaban J connectivity index is 1.55. The lowest BCUT2D eigenvalue weighted by Crippen LogP contribution is -2.45. The number of alkyl halides is 3. The van der Waals surface area contributed by atoms with Crippen molar-refractivity contribution in [3.05, 3.63) is 57.2 Å². The maximum absolute atomic E-state index is 14.4. The second-order valence-electron chi connectivity index (χ2n) is 8.92. The van der Waals surface area contributed by atoms with E-state index in [-0.39, 0.29) is 59.8 Å². The predicted molar refractivity (Wildman–Crippen MR) is 126 cm³/mol. The van der Waals surface area contributed by atoms with Gasteiger partial charge in [0.05, 0.1) is 12.5 Å². The number of amides is 1. The topological polar surface area (TPSA) is 62.7 Å². The fraction of sp³-hybridized carbons (Fsp3) is 0.458. The van der Waals surface area contributed by atoms with E-state index in [1.54, 1.807) is 24.8 Å². The van der Waals surface area contributed by atoms with E-state index in [0.29, 0.717) is 23.5 Å². The highest BCUT2D eigenvalue weighted by Crippen LogP contribution is 2.49. The van der Waals surface area contributed by atoms with Gasteiger partial charge in [0.2, 0.25) is 0 Å². The summed E-state index contributed by atoms with van der Waals surface area (Å²) >= 11 is 12.0. The number of Topliss-reactive ketones (excluding diaryl/α,β-unsaturated/α-hetero) is 1. The molecule has 2 aliphatic heterocycles. The summed E-state index contributed by atoms with van der Waals surface area (Å²) in [5.41, 5.74) is -1.23. The van der Waals surface area contributed by atoms with E-state index in [2.05, 4.69) is 4.98 Å². The van der Waals surface area contributed by atoms with Gasteiger partial charge in [-0.15, -0.1) is 0 Å². The van der Waals surface area contributed by atoms with Crippen LogP contribution < -0.4 is 4.90 Å². The van der Waals surface area contributed by atoms with Crippen LogP contribution in [0.15, 0.2) is 30.5 Å². The Morgan fingerprint density at radius 2 is 1.91 bits per heavy atom. The maximum Gasteiger partial charge on any atom is 0.400 e. The number of benzene rings is 1. The Kier molecular flexibility index (Phi) is 7.05. The van der Waals surface area contributed by atoms with Crippen molar-refractivity contribution in [3.63, 3.8) is 0 Å². The summed E-state index contributed by atoms with van der Waals surface area (Å²) in [6.07, 6.45) is -3.38. The first-order chi connectivity index (χ1) is 16.4. The minimum absolute atomic E-state index is 0.0121. The van der Waals surface area contributed by atoms with Crippen LogP contribution in [0.5, 0.6) is 0 Å². The molecular formula is C24H24Cl2F3N3O3. The van der Waals surface area contributed by atoms with Gasteiger partial charge in [-0.3, -0.25) is 14.4 Å². The predicted octanol–water partition coefficient (Wildman–Crippen LogP) is 5.39. The van der Waals surface area contributed by atoms with Gasteiger partial charge in [-0.25, -0.2) is 10.0 Å². The summed E-state index contributed by atoms with van der Waals surface area (Å²) in [5, 5.41) is 1.51. The van der Waals surface area contributed by atoms with Gasteiger partial charge in [0.1, 0.15) is 11.2 Å². The van der Waals surface area contributed by atoms with Crippen LogP contribution in [0, 0.1) is 12.8 Å². The van der Waals surface area contributed by atoms with E-state index in [9.17, 15) is 22.8 Å². The minimum atomic E-state index is -4.54. The van der Waals surface area contributed by atoms with Gasteiger partial charge in [-0.2, -0.15) is 13.2 Å². The standard InChI is InChI=1S/C24H24Cl2F3N3O3/c1-3-32-22(34)15(12-35-32)7-20(33)19-11-30-21(6-14(19)2)31-5-4-23(13-31,24(27,28)29)16-8-17(25)10-18(26)9-16/h6,8-11,15H,3-5,7,12-13H2,1-2H3. The highest BCUT2D eigenvalue weighted by Gasteiger charge is 2.59. The number of nitrogens with zero attached hydrogens (tertiary/aromatic N) is 3. The van der Waals surface area contributed by atoms with Crippen molar-refractivity contribution >= 4 is 40.7 Å².